The number of fused-ring (bicyclic) bond motifs is 1. The number of furan rings is 1. The molecule has 0 aliphatic rings. The largest absolute Gasteiger partial charge is 0.508 e. The van der Waals surface area contributed by atoms with Crippen LogP contribution < -0.4 is 4.90 Å². The van der Waals surface area contributed by atoms with Crippen LogP contribution in [0, 0.1) is 0 Å². The molecule has 3 aromatic rings. The first-order valence-electron chi connectivity index (χ1n) is 8.67. The van der Waals surface area contributed by atoms with Crippen molar-refractivity contribution in [3.8, 4) is 5.75 Å². The van der Waals surface area contributed by atoms with E-state index >= 15 is 0 Å². The van der Waals surface area contributed by atoms with Crippen LogP contribution in [0.1, 0.15) is 19.4 Å². The van der Waals surface area contributed by atoms with Gasteiger partial charge in [-0.3, -0.25) is 9.59 Å². The summed E-state index contributed by atoms with van der Waals surface area (Å²) in [6.07, 6.45) is 1.44. The van der Waals surface area contributed by atoms with Gasteiger partial charge in [0.2, 0.25) is 0 Å². The number of anilines is 1. The molecule has 0 unspecified atom stereocenters. The van der Waals surface area contributed by atoms with Gasteiger partial charge >= 0.3 is 5.97 Å². The van der Waals surface area contributed by atoms with Crippen LogP contribution >= 0.6 is 0 Å². The molecule has 3 rings (SSSR count). The fourth-order valence-corrected chi connectivity index (χ4v) is 2.95. The van der Waals surface area contributed by atoms with Gasteiger partial charge < -0.3 is 19.2 Å². The molecule has 140 valence electrons. The highest BCUT2D eigenvalue weighted by Crippen LogP contribution is 2.25. The average Bonchev–Trinajstić information content (AvgIpc) is 3.02. The number of ether oxygens (including phenoxy) is 1. The molecule has 27 heavy (non-hydrogen) atoms. The number of amides is 1. The van der Waals surface area contributed by atoms with Crippen molar-refractivity contribution >= 4 is 28.5 Å². The number of aromatic hydroxyl groups is 1. The van der Waals surface area contributed by atoms with E-state index in [4.69, 9.17) is 9.15 Å². The molecule has 2 aromatic carbocycles. The first-order valence-corrected chi connectivity index (χ1v) is 8.67. The van der Waals surface area contributed by atoms with Gasteiger partial charge in [-0.05, 0) is 38.1 Å². The molecular weight excluding hydrogens is 346 g/mol. The van der Waals surface area contributed by atoms with Crippen LogP contribution in [0.25, 0.3) is 11.0 Å². The molecule has 0 aliphatic carbocycles. The molecule has 0 radical (unpaired) electrons. The lowest BCUT2D eigenvalue weighted by Gasteiger charge is -2.26. The van der Waals surface area contributed by atoms with E-state index in [1.165, 1.54) is 18.4 Å². The lowest BCUT2D eigenvalue weighted by molar-refractivity contribution is -0.147. The summed E-state index contributed by atoms with van der Waals surface area (Å²) in [5.74, 6) is -0.714. The number of nitrogens with zero attached hydrogens (tertiary/aromatic N) is 1. The number of carbonyl (C=O) groups is 2. The second-order valence-corrected chi connectivity index (χ2v) is 6.47. The van der Waals surface area contributed by atoms with E-state index in [1.807, 2.05) is 44.2 Å². The van der Waals surface area contributed by atoms with Crippen molar-refractivity contribution in [2.24, 2.45) is 0 Å². The van der Waals surface area contributed by atoms with E-state index < -0.39 is 5.97 Å². The molecule has 6 heteroatoms. The summed E-state index contributed by atoms with van der Waals surface area (Å²) in [6, 6.07) is 13.9. The van der Waals surface area contributed by atoms with E-state index in [-0.39, 0.29) is 30.7 Å². The number of hydrogen-bond acceptors (Lipinski definition) is 5. The number of benzene rings is 2. The van der Waals surface area contributed by atoms with Crippen LogP contribution in [0.15, 0.2) is 59.2 Å². The highest BCUT2D eigenvalue weighted by atomic mass is 16.5. The van der Waals surface area contributed by atoms with Gasteiger partial charge in [0.25, 0.3) is 5.91 Å². The predicted molar refractivity (Wildman–Crippen MR) is 102 cm³/mol. The monoisotopic (exact) mass is 367 g/mol. The smallest absolute Gasteiger partial charge is 0.310 e. The van der Waals surface area contributed by atoms with Crippen molar-refractivity contribution in [2.45, 2.75) is 26.3 Å². The number of hydrogen-bond donors (Lipinski definition) is 1. The molecule has 0 atom stereocenters. The quantitative estimate of drug-likeness (QED) is 0.673. The first-order chi connectivity index (χ1) is 13.0. The third kappa shape index (κ3) is 4.28. The van der Waals surface area contributed by atoms with E-state index in [2.05, 4.69) is 0 Å². The Bertz CT molecular complexity index is 946. The normalized spacial score (nSPS) is 10.9. The molecule has 0 bridgehead atoms. The molecule has 1 heterocycles. The van der Waals surface area contributed by atoms with Crippen molar-refractivity contribution in [3.05, 3.63) is 60.4 Å². The average molecular weight is 367 g/mol. The van der Waals surface area contributed by atoms with E-state index in [9.17, 15) is 14.7 Å². The van der Waals surface area contributed by atoms with Gasteiger partial charge in [-0.2, -0.15) is 0 Å². The van der Waals surface area contributed by atoms with Gasteiger partial charge in [0, 0.05) is 28.7 Å². The number of phenols is 1. The predicted octanol–water partition coefficient (Wildman–Crippen LogP) is 3.67. The molecule has 0 spiro atoms. The zero-order valence-corrected chi connectivity index (χ0v) is 15.2. The van der Waals surface area contributed by atoms with Crippen molar-refractivity contribution in [2.75, 3.05) is 11.5 Å². The summed E-state index contributed by atoms with van der Waals surface area (Å²) in [6.45, 7) is 3.47. The summed E-state index contributed by atoms with van der Waals surface area (Å²) in [4.78, 5) is 26.3. The Morgan fingerprint density at radius 1 is 1.15 bits per heavy atom. The van der Waals surface area contributed by atoms with Gasteiger partial charge in [-0.25, -0.2) is 0 Å². The topological polar surface area (TPSA) is 80.0 Å². The summed E-state index contributed by atoms with van der Waals surface area (Å²) in [5.41, 5.74) is 1.89. The second kappa shape index (κ2) is 7.95. The fourth-order valence-electron chi connectivity index (χ4n) is 2.95. The van der Waals surface area contributed by atoms with E-state index in [0.717, 1.165) is 11.1 Å². The standard InChI is InChI=1S/C21H21NO5/c1-14(2)22(16-6-4-3-5-7-16)20(24)13-27-21(25)10-15-12-26-19-11-17(23)8-9-18(15)19/h3-9,11-12,14,23H,10,13H2,1-2H3. The maximum atomic E-state index is 12.5. The highest BCUT2D eigenvalue weighted by Gasteiger charge is 2.21. The Hall–Kier alpha value is -3.28. The van der Waals surface area contributed by atoms with Crippen LogP contribution in [0.2, 0.25) is 0 Å². The van der Waals surface area contributed by atoms with Crippen LogP contribution in [-0.2, 0) is 20.7 Å². The van der Waals surface area contributed by atoms with Crippen molar-refractivity contribution < 1.29 is 23.8 Å². The third-order valence-electron chi connectivity index (χ3n) is 4.15. The lowest BCUT2D eigenvalue weighted by atomic mass is 10.1. The van der Waals surface area contributed by atoms with Gasteiger partial charge in [0.1, 0.15) is 11.3 Å². The third-order valence-corrected chi connectivity index (χ3v) is 4.15. The van der Waals surface area contributed by atoms with Crippen LogP contribution in [-0.4, -0.2) is 29.6 Å². The van der Waals surface area contributed by atoms with Crippen LogP contribution in [0.3, 0.4) is 0 Å². The molecule has 6 nitrogen and oxygen atoms in total. The Kier molecular flexibility index (Phi) is 5.45. The first kappa shape index (κ1) is 18.5. The maximum absolute atomic E-state index is 12.5. The summed E-state index contributed by atoms with van der Waals surface area (Å²) >= 11 is 0. The Labute approximate surface area is 157 Å². The number of rotatable bonds is 6. The maximum Gasteiger partial charge on any atom is 0.310 e. The summed E-state index contributed by atoms with van der Waals surface area (Å²) in [5, 5.41) is 10.2. The molecule has 0 fully saturated rings. The SMILES string of the molecule is CC(C)N(C(=O)COC(=O)Cc1coc2cc(O)ccc12)c1ccccc1. The van der Waals surface area contributed by atoms with Crippen LogP contribution in [0.5, 0.6) is 5.75 Å². The number of para-hydroxylation sites is 1. The van der Waals surface area contributed by atoms with Crippen molar-refractivity contribution in [3.63, 3.8) is 0 Å². The highest BCUT2D eigenvalue weighted by molar-refractivity contribution is 5.96. The zero-order chi connectivity index (χ0) is 19.4. The molecule has 1 amide bonds. The number of esters is 1. The fraction of sp³-hybridized carbons (Fsp3) is 0.238. The lowest BCUT2D eigenvalue weighted by Crippen LogP contribution is -2.40. The Balaban J connectivity index is 1.63. The molecule has 1 N–H and O–H groups in total. The van der Waals surface area contributed by atoms with E-state index in [0.29, 0.717) is 11.1 Å². The minimum atomic E-state index is -0.518. The molecule has 0 saturated heterocycles. The Morgan fingerprint density at radius 3 is 2.59 bits per heavy atom. The van der Waals surface area contributed by atoms with Crippen LogP contribution in [0.4, 0.5) is 5.69 Å². The number of phenolic OH excluding ortho intramolecular Hbond substituents is 1. The van der Waals surface area contributed by atoms with Gasteiger partial charge in [-0.1, -0.05) is 18.2 Å². The summed E-state index contributed by atoms with van der Waals surface area (Å²) in [7, 11) is 0. The van der Waals surface area contributed by atoms with Crippen molar-refractivity contribution in [1.82, 2.24) is 0 Å². The molecule has 1 aromatic heterocycles. The van der Waals surface area contributed by atoms with E-state index in [1.54, 1.807) is 11.0 Å². The van der Waals surface area contributed by atoms with Gasteiger partial charge in [0.15, 0.2) is 6.61 Å². The minimum Gasteiger partial charge on any atom is -0.508 e. The summed E-state index contributed by atoms with van der Waals surface area (Å²) < 4.78 is 10.5. The molecule has 0 aliphatic heterocycles. The van der Waals surface area contributed by atoms with Gasteiger partial charge in [0.05, 0.1) is 12.7 Å². The van der Waals surface area contributed by atoms with Gasteiger partial charge in [-0.15, -0.1) is 0 Å². The molecular formula is C21H21NO5. The zero-order valence-electron chi connectivity index (χ0n) is 15.2. The van der Waals surface area contributed by atoms with Crippen molar-refractivity contribution in [1.29, 1.82) is 0 Å². The molecule has 0 saturated carbocycles. The Morgan fingerprint density at radius 2 is 1.89 bits per heavy atom. The minimum absolute atomic E-state index is 0.0158. The second-order valence-electron chi connectivity index (χ2n) is 6.47. The number of carbonyl (C=O) groups excluding carboxylic acids is 2.